The largest absolute Gasteiger partial charge is 0.300 e. The van der Waals surface area contributed by atoms with Crippen molar-refractivity contribution >= 4 is 17.3 Å². The van der Waals surface area contributed by atoms with Gasteiger partial charge in [0.2, 0.25) is 0 Å². The molecule has 2 fully saturated rings. The molecule has 0 amide bonds. The van der Waals surface area contributed by atoms with Crippen molar-refractivity contribution in [2.24, 2.45) is 29.1 Å². The molecule has 0 N–H and O–H groups in total. The number of carbonyl (C=O) groups is 3. The number of ketones is 3. The van der Waals surface area contributed by atoms with Crippen LogP contribution in [0.3, 0.4) is 0 Å². The van der Waals surface area contributed by atoms with Crippen LogP contribution >= 0.6 is 0 Å². The van der Waals surface area contributed by atoms with Gasteiger partial charge in [-0.3, -0.25) is 14.4 Å². The lowest BCUT2D eigenvalue weighted by molar-refractivity contribution is -0.133. The molecule has 0 unspecified atom stereocenters. The first-order valence-electron chi connectivity index (χ1n) is 8.94. The van der Waals surface area contributed by atoms with Crippen LogP contribution in [0.5, 0.6) is 0 Å². The molecule has 0 spiro atoms. The highest BCUT2D eigenvalue weighted by molar-refractivity contribution is 5.88. The van der Waals surface area contributed by atoms with Crippen LogP contribution in [0.1, 0.15) is 65.2 Å². The monoisotopic (exact) mass is 314 g/mol. The van der Waals surface area contributed by atoms with Crippen LogP contribution in [0.4, 0.5) is 0 Å². The molecule has 3 nitrogen and oxygen atoms in total. The molecule has 3 aliphatic carbocycles. The number of hydrogen-bond acceptors (Lipinski definition) is 3. The van der Waals surface area contributed by atoms with Gasteiger partial charge in [-0.05, 0) is 49.9 Å². The van der Waals surface area contributed by atoms with E-state index in [1.165, 1.54) is 0 Å². The molecule has 3 rings (SSSR count). The van der Waals surface area contributed by atoms with E-state index < -0.39 is 0 Å². The van der Waals surface area contributed by atoms with E-state index in [-0.39, 0.29) is 41.2 Å². The topological polar surface area (TPSA) is 51.2 Å². The van der Waals surface area contributed by atoms with Crippen molar-refractivity contribution < 1.29 is 14.4 Å². The predicted octanol–water partition coefficient (Wildman–Crippen LogP) is 3.35. The predicted molar refractivity (Wildman–Crippen MR) is 87.5 cm³/mol. The summed E-state index contributed by atoms with van der Waals surface area (Å²) < 4.78 is 0. The summed E-state index contributed by atoms with van der Waals surface area (Å²) in [5, 5.41) is 0. The fraction of sp³-hybridized carbons (Fsp3) is 0.750. The molecule has 0 aromatic heterocycles. The summed E-state index contributed by atoms with van der Waals surface area (Å²) in [4.78, 5) is 36.4. The van der Waals surface area contributed by atoms with Crippen molar-refractivity contribution in [3.05, 3.63) is 0 Å². The van der Waals surface area contributed by atoms with Crippen LogP contribution in [-0.4, -0.2) is 17.3 Å². The molecular formula is C20H26O3. The van der Waals surface area contributed by atoms with Gasteiger partial charge < -0.3 is 0 Å². The molecule has 2 saturated carbocycles. The third-order valence-corrected chi connectivity index (χ3v) is 6.74. The first-order valence-corrected chi connectivity index (χ1v) is 8.94. The van der Waals surface area contributed by atoms with Gasteiger partial charge in [0.15, 0.2) is 0 Å². The van der Waals surface area contributed by atoms with Crippen molar-refractivity contribution in [2.45, 2.75) is 65.2 Å². The zero-order valence-corrected chi connectivity index (χ0v) is 14.2. The van der Waals surface area contributed by atoms with Gasteiger partial charge >= 0.3 is 0 Å². The fourth-order valence-corrected chi connectivity index (χ4v) is 5.53. The second-order valence-corrected chi connectivity index (χ2v) is 7.90. The zero-order valence-electron chi connectivity index (χ0n) is 14.2. The van der Waals surface area contributed by atoms with E-state index in [2.05, 4.69) is 18.8 Å². The smallest absolute Gasteiger partial charge is 0.145 e. The normalized spacial score (nSPS) is 40.6. The highest BCUT2D eigenvalue weighted by atomic mass is 16.1. The molecule has 0 aromatic rings. The van der Waals surface area contributed by atoms with Gasteiger partial charge in [-0.2, -0.15) is 0 Å². The van der Waals surface area contributed by atoms with Crippen molar-refractivity contribution in [1.29, 1.82) is 0 Å². The first-order chi connectivity index (χ1) is 10.9. The average Bonchev–Trinajstić information content (AvgIpc) is 2.86. The van der Waals surface area contributed by atoms with Gasteiger partial charge in [-0.15, -0.1) is 5.92 Å². The Kier molecular flexibility index (Phi) is 4.45. The molecule has 124 valence electrons. The van der Waals surface area contributed by atoms with E-state index in [4.69, 9.17) is 0 Å². The Morgan fingerprint density at radius 1 is 1.13 bits per heavy atom. The SMILES string of the molecule is CC(=O)[C@H]1CC[C@H]2[C@@H]3CC#CCC(=O)CCC(=O)[C@H]3CC[C@]12C. The van der Waals surface area contributed by atoms with Gasteiger partial charge in [0.25, 0.3) is 0 Å². The standard InChI is InChI=1S/C20H26O3/c1-13(21)17-8-9-18-15-6-4-3-5-14(22)7-10-19(23)16(15)11-12-20(17,18)2/h15-18H,5-12H2,1-2H3/t15-,16+,17-,18+,20-/m1/s1. The summed E-state index contributed by atoms with van der Waals surface area (Å²) >= 11 is 0. The average molecular weight is 314 g/mol. The maximum absolute atomic E-state index is 12.7. The van der Waals surface area contributed by atoms with Crippen LogP contribution in [0.2, 0.25) is 0 Å². The lowest BCUT2D eigenvalue weighted by Crippen LogP contribution is -2.45. The Hall–Kier alpha value is -1.43. The van der Waals surface area contributed by atoms with Gasteiger partial charge in [0, 0.05) is 31.1 Å². The number of rotatable bonds is 1. The Morgan fingerprint density at radius 2 is 1.91 bits per heavy atom. The number of Topliss-reactive ketones (excluding diaryl/α,β-unsaturated/α-hetero) is 3. The zero-order chi connectivity index (χ0) is 16.6. The summed E-state index contributed by atoms with van der Waals surface area (Å²) in [5.74, 6) is 7.69. The van der Waals surface area contributed by atoms with E-state index >= 15 is 0 Å². The molecule has 0 bridgehead atoms. The first kappa shape index (κ1) is 16.4. The van der Waals surface area contributed by atoms with E-state index in [0.717, 1.165) is 25.7 Å². The molecule has 0 heterocycles. The number of hydrogen-bond donors (Lipinski definition) is 0. The lowest BCUT2D eigenvalue weighted by Gasteiger charge is -2.47. The van der Waals surface area contributed by atoms with Crippen molar-refractivity contribution in [3.63, 3.8) is 0 Å². The minimum Gasteiger partial charge on any atom is -0.300 e. The highest BCUT2D eigenvalue weighted by Crippen LogP contribution is 2.60. The third-order valence-electron chi connectivity index (χ3n) is 6.74. The van der Waals surface area contributed by atoms with Crippen LogP contribution in [0.25, 0.3) is 0 Å². The number of carbonyl (C=O) groups excluding carboxylic acids is 3. The quantitative estimate of drug-likeness (QED) is 0.697. The Bertz CT molecular complexity index is 594. The van der Waals surface area contributed by atoms with Crippen LogP contribution in [0.15, 0.2) is 0 Å². The molecule has 5 atom stereocenters. The lowest BCUT2D eigenvalue weighted by atomic mass is 9.56. The van der Waals surface area contributed by atoms with E-state index in [9.17, 15) is 14.4 Å². The molecule has 0 saturated heterocycles. The molecular weight excluding hydrogens is 288 g/mol. The van der Waals surface area contributed by atoms with E-state index in [1.807, 2.05) is 0 Å². The van der Waals surface area contributed by atoms with E-state index in [1.54, 1.807) is 6.92 Å². The molecule has 3 heteroatoms. The fourth-order valence-electron chi connectivity index (χ4n) is 5.53. The number of fused-ring (bicyclic) bond motifs is 3. The molecule has 0 aromatic carbocycles. The van der Waals surface area contributed by atoms with Crippen molar-refractivity contribution in [1.82, 2.24) is 0 Å². The maximum Gasteiger partial charge on any atom is 0.145 e. The van der Waals surface area contributed by atoms with Gasteiger partial charge in [0.05, 0.1) is 6.42 Å². The molecule has 0 radical (unpaired) electrons. The third kappa shape index (κ3) is 2.89. The molecule has 3 aliphatic rings. The van der Waals surface area contributed by atoms with Crippen LogP contribution in [0, 0.1) is 40.9 Å². The second-order valence-electron chi connectivity index (χ2n) is 7.90. The Morgan fingerprint density at radius 3 is 2.65 bits per heavy atom. The van der Waals surface area contributed by atoms with Gasteiger partial charge in [-0.25, -0.2) is 0 Å². The summed E-state index contributed by atoms with van der Waals surface area (Å²) in [6, 6.07) is 0. The minimum absolute atomic E-state index is 0.0366. The molecule has 0 aliphatic heterocycles. The van der Waals surface area contributed by atoms with E-state index in [0.29, 0.717) is 31.0 Å². The minimum atomic E-state index is 0.0366. The summed E-state index contributed by atoms with van der Waals surface area (Å²) in [5.41, 5.74) is 0.0366. The summed E-state index contributed by atoms with van der Waals surface area (Å²) in [7, 11) is 0. The molecule has 23 heavy (non-hydrogen) atoms. The van der Waals surface area contributed by atoms with Gasteiger partial charge in [0.1, 0.15) is 17.3 Å². The maximum atomic E-state index is 12.7. The summed E-state index contributed by atoms with van der Waals surface area (Å²) in [6.07, 6.45) is 5.51. The Balaban J connectivity index is 1.90. The van der Waals surface area contributed by atoms with Crippen LogP contribution < -0.4 is 0 Å². The second kappa shape index (κ2) is 6.23. The Labute approximate surface area is 138 Å². The van der Waals surface area contributed by atoms with Crippen molar-refractivity contribution in [2.75, 3.05) is 0 Å². The highest BCUT2D eigenvalue weighted by Gasteiger charge is 2.55. The van der Waals surface area contributed by atoms with Crippen molar-refractivity contribution in [3.8, 4) is 11.8 Å². The summed E-state index contributed by atoms with van der Waals surface area (Å²) in [6.45, 7) is 3.97. The van der Waals surface area contributed by atoms with Gasteiger partial charge in [-0.1, -0.05) is 12.8 Å². The van der Waals surface area contributed by atoms with Crippen LogP contribution in [-0.2, 0) is 14.4 Å².